The van der Waals surface area contributed by atoms with Crippen LogP contribution in [0.15, 0.2) is 48.5 Å². The second-order valence-corrected chi connectivity index (χ2v) is 11.3. The van der Waals surface area contributed by atoms with Crippen LogP contribution in [0.5, 0.6) is 5.75 Å². The van der Waals surface area contributed by atoms with Crippen LogP contribution in [0.25, 0.3) is 0 Å². The van der Waals surface area contributed by atoms with Gasteiger partial charge in [0.1, 0.15) is 18.9 Å². The molecule has 0 saturated heterocycles. The van der Waals surface area contributed by atoms with Crippen LogP contribution in [-0.2, 0) is 16.7 Å². The van der Waals surface area contributed by atoms with Gasteiger partial charge < -0.3 is 9.47 Å². The van der Waals surface area contributed by atoms with Crippen molar-refractivity contribution in [2.75, 3.05) is 27.3 Å². The smallest absolute Gasteiger partial charge is 0.190 e. The number of aryl methyl sites for hydroxylation is 1. The molecule has 2 aromatic carbocycles. The molecule has 0 radical (unpaired) electrons. The molecule has 1 unspecified atom stereocenters. The lowest BCUT2D eigenvalue weighted by atomic mass is 9.72. The molecule has 0 spiro atoms. The van der Waals surface area contributed by atoms with E-state index in [2.05, 4.69) is 111 Å². The molecule has 0 heterocycles. The first-order valence-electron chi connectivity index (χ1n) is 11.5. The van der Waals surface area contributed by atoms with Crippen molar-refractivity contribution in [3.05, 3.63) is 65.2 Å². The third-order valence-electron chi connectivity index (χ3n) is 6.05. The number of ether oxygens (including phenoxy) is 2. The molecule has 0 N–H and O–H groups in total. The van der Waals surface area contributed by atoms with E-state index in [-0.39, 0.29) is 11.6 Å². The first-order valence-corrected chi connectivity index (χ1v) is 11.5. The summed E-state index contributed by atoms with van der Waals surface area (Å²) in [4.78, 5) is 0. The van der Waals surface area contributed by atoms with Crippen LogP contribution in [0.1, 0.15) is 64.7 Å². The molecule has 31 heavy (non-hydrogen) atoms. The highest BCUT2D eigenvalue weighted by Crippen LogP contribution is 2.37. The standard InChI is InChI=1S/C28H44NO2/c1-22-19-25(28(6,7)21-27(3,4)5)15-16-26(22)31-18-17-30-23(2)29(8,9)20-24-13-11-10-12-14-24/h10-16,19,23H,17-18,20-21H2,1-9H3/q+1. The van der Waals surface area contributed by atoms with E-state index in [0.29, 0.717) is 18.6 Å². The number of hydrogen-bond donors (Lipinski definition) is 0. The summed E-state index contributed by atoms with van der Waals surface area (Å²) in [5.41, 5.74) is 4.32. The van der Waals surface area contributed by atoms with E-state index in [9.17, 15) is 0 Å². The van der Waals surface area contributed by atoms with E-state index in [1.807, 2.05) is 0 Å². The molecule has 2 rings (SSSR count). The molecule has 0 saturated carbocycles. The summed E-state index contributed by atoms with van der Waals surface area (Å²) in [6.45, 7) is 17.9. The van der Waals surface area contributed by atoms with Gasteiger partial charge in [0, 0.05) is 12.5 Å². The summed E-state index contributed by atoms with van der Waals surface area (Å²) in [6.07, 6.45) is 1.23. The van der Waals surface area contributed by atoms with Crippen LogP contribution in [0, 0.1) is 12.3 Å². The van der Waals surface area contributed by atoms with Crippen LogP contribution in [0.2, 0.25) is 0 Å². The average molecular weight is 427 g/mol. The Bertz CT molecular complexity index is 819. The van der Waals surface area contributed by atoms with E-state index in [1.54, 1.807) is 0 Å². The average Bonchev–Trinajstić information content (AvgIpc) is 2.64. The Kier molecular flexibility index (Phi) is 8.35. The van der Waals surface area contributed by atoms with Crippen molar-refractivity contribution in [3.8, 4) is 5.75 Å². The molecule has 0 aliphatic carbocycles. The lowest BCUT2D eigenvalue weighted by Gasteiger charge is -2.35. The quantitative estimate of drug-likeness (QED) is 0.238. The fraction of sp³-hybridized carbons (Fsp3) is 0.571. The molecule has 1 atom stereocenters. The molecular weight excluding hydrogens is 382 g/mol. The molecule has 3 heteroatoms. The highest BCUT2D eigenvalue weighted by molar-refractivity contribution is 5.39. The third kappa shape index (κ3) is 7.97. The van der Waals surface area contributed by atoms with E-state index >= 15 is 0 Å². The van der Waals surface area contributed by atoms with Gasteiger partial charge in [0.05, 0.1) is 20.7 Å². The summed E-state index contributed by atoms with van der Waals surface area (Å²) in [7, 11) is 4.42. The maximum Gasteiger partial charge on any atom is 0.190 e. The summed E-state index contributed by atoms with van der Waals surface area (Å²) in [5, 5.41) is 0. The van der Waals surface area contributed by atoms with Crippen LogP contribution >= 0.6 is 0 Å². The van der Waals surface area contributed by atoms with Gasteiger partial charge in [0.2, 0.25) is 0 Å². The second kappa shape index (κ2) is 10.2. The summed E-state index contributed by atoms with van der Waals surface area (Å²) in [6, 6.07) is 17.2. The van der Waals surface area contributed by atoms with Crippen molar-refractivity contribution in [1.29, 1.82) is 0 Å². The van der Waals surface area contributed by atoms with Gasteiger partial charge in [-0.05, 0) is 41.4 Å². The highest BCUT2D eigenvalue weighted by atomic mass is 16.5. The van der Waals surface area contributed by atoms with Gasteiger partial charge in [-0.2, -0.15) is 0 Å². The fourth-order valence-corrected chi connectivity index (χ4v) is 4.41. The lowest BCUT2D eigenvalue weighted by molar-refractivity contribution is -0.947. The normalized spacial score (nSPS) is 13.8. The van der Waals surface area contributed by atoms with Gasteiger partial charge in [-0.3, -0.25) is 4.48 Å². The predicted octanol–water partition coefficient (Wildman–Crippen LogP) is 6.73. The van der Waals surface area contributed by atoms with E-state index in [4.69, 9.17) is 9.47 Å². The number of benzene rings is 2. The first-order chi connectivity index (χ1) is 14.3. The SMILES string of the molecule is Cc1cc(C(C)(C)CC(C)(C)C)ccc1OCCOC(C)[N+](C)(C)Cc1ccccc1. The minimum atomic E-state index is 0.0884. The minimum absolute atomic E-state index is 0.0884. The molecular formula is C28H44NO2+. The summed E-state index contributed by atoms with van der Waals surface area (Å²) in [5.74, 6) is 0.949. The molecule has 0 aliphatic heterocycles. The fourth-order valence-electron chi connectivity index (χ4n) is 4.41. The van der Waals surface area contributed by atoms with Crippen molar-refractivity contribution in [3.63, 3.8) is 0 Å². The molecule has 0 aromatic heterocycles. The maximum absolute atomic E-state index is 6.12. The number of rotatable bonds is 10. The summed E-state index contributed by atoms with van der Waals surface area (Å²) < 4.78 is 13.0. The zero-order chi connectivity index (χ0) is 23.3. The number of quaternary nitrogens is 1. The van der Waals surface area contributed by atoms with Gasteiger partial charge in [-0.1, -0.05) is 77.1 Å². The van der Waals surface area contributed by atoms with Gasteiger partial charge in [-0.15, -0.1) is 0 Å². The van der Waals surface area contributed by atoms with Crippen molar-refractivity contribution < 1.29 is 14.0 Å². The van der Waals surface area contributed by atoms with Crippen LogP contribution < -0.4 is 4.74 Å². The molecule has 0 bridgehead atoms. The summed E-state index contributed by atoms with van der Waals surface area (Å²) >= 11 is 0. The lowest BCUT2D eigenvalue weighted by Crippen LogP contribution is -2.48. The molecule has 172 valence electrons. The number of nitrogens with zero attached hydrogens (tertiary/aromatic N) is 1. The Morgan fingerprint density at radius 2 is 1.55 bits per heavy atom. The number of hydrogen-bond acceptors (Lipinski definition) is 2. The Morgan fingerprint density at radius 1 is 0.903 bits per heavy atom. The molecule has 0 amide bonds. The van der Waals surface area contributed by atoms with Crippen molar-refractivity contribution in [1.82, 2.24) is 0 Å². The van der Waals surface area contributed by atoms with Gasteiger partial charge >= 0.3 is 0 Å². The van der Waals surface area contributed by atoms with Crippen molar-refractivity contribution in [2.24, 2.45) is 5.41 Å². The largest absolute Gasteiger partial charge is 0.491 e. The first kappa shape index (κ1) is 25.4. The topological polar surface area (TPSA) is 18.5 Å². The zero-order valence-corrected chi connectivity index (χ0v) is 21.3. The van der Waals surface area contributed by atoms with E-state index < -0.39 is 0 Å². The van der Waals surface area contributed by atoms with Crippen LogP contribution in [0.3, 0.4) is 0 Å². The Balaban J connectivity index is 1.87. The molecule has 0 aliphatic rings. The Hall–Kier alpha value is -1.84. The van der Waals surface area contributed by atoms with E-state index in [0.717, 1.165) is 23.2 Å². The molecule has 0 fully saturated rings. The minimum Gasteiger partial charge on any atom is -0.491 e. The predicted molar refractivity (Wildman–Crippen MR) is 131 cm³/mol. The Morgan fingerprint density at radius 3 is 2.13 bits per heavy atom. The van der Waals surface area contributed by atoms with Gasteiger partial charge in [0.25, 0.3) is 0 Å². The van der Waals surface area contributed by atoms with Crippen molar-refractivity contribution in [2.45, 2.75) is 73.1 Å². The Labute approximate surface area is 191 Å². The van der Waals surface area contributed by atoms with Gasteiger partial charge in [-0.25, -0.2) is 0 Å². The molecule has 3 nitrogen and oxygen atoms in total. The monoisotopic (exact) mass is 426 g/mol. The zero-order valence-electron chi connectivity index (χ0n) is 21.3. The van der Waals surface area contributed by atoms with E-state index in [1.165, 1.54) is 16.7 Å². The van der Waals surface area contributed by atoms with Crippen LogP contribution in [-0.4, -0.2) is 38.0 Å². The second-order valence-electron chi connectivity index (χ2n) is 11.3. The molecule has 2 aromatic rings. The van der Waals surface area contributed by atoms with Crippen LogP contribution in [0.4, 0.5) is 0 Å². The highest BCUT2D eigenvalue weighted by Gasteiger charge is 2.28. The van der Waals surface area contributed by atoms with Crippen molar-refractivity contribution >= 4 is 0 Å². The third-order valence-corrected chi connectivity index (χ3v) is 6.05. The van der Waals surface area contributed by atoms with Gasteiger partial charge in [0.15, 0.2) is 6.23 Å². The maximum atomic E-state index is 6.12.